The van der Waals surface area contributed by atoms with E-state index in [-0.39, 0.29) is 34.9 Å². The second-order valence-electron chi connectivity index (χ2n) is 11.3. The van der Waals surface area contributed by atoms with E-state index in [0.29, 0.717) is 23.2 Å². The number of aromatic amines is 1. The number of benzene rings is 1. The second kappa shape index (κ2) is 9.36. The van der Waals surface area contributed by atoms with Crippen molar-refractivity contribution in [2.45, 2.75) is 46.3 Å². The van der Waals surface area contributed by atoms with Crippen LogP contribution >= 0.6 is 0 Å². The van der Waals surface area contributed by atoms with Crippen LogP contribution in [0.3, 0.4) is 0 Å². The van der Waals surface area contributed by atoms with E-state index in [9.17, 15) is 9.59 Å². The first-order valence-electron chi connectivity index (χ1n) is 12.5. The maximum absolute atomic E-state index is 15.2. The van der Waals surface area contributed by atoms with Crippen molar-refractivity contribution in [3.05, 3.63) is 64.5 Å². The van der Waals surface area contributed by atoms with E-state index in [0.717, 1.165) is 12.0 Å². The molecular formula is C28H31F2N5O2. The first kappa shape index (κ1) is 25.0. The summed E-state index contributed by atoms with van der Waals surface area (Å²) in [6.45, 7) is 6.19. The number of carbonyl (C=O) groups excluding carboxylic acids is 1. The van der Waals surface area contributed by atoms with E-state index in [1.165, 1.54) is 17.1 Å². The summed E-state index contributed by atoms with van der Waals surface area (Å²) in [7, 11) is 1.78. The molecule has 0 spiro atoms. The number of halogens is 2. The molecule has 4 atom stereocenters. The standard InChI is InChI=1S/C28H31F2N5O2/c1-28(2,3)21-7-19-12-32-35(27(37)26(19)23(30)11-21)15-17-6-5-16(8-22(17)29)18-9-24(33-25(36)10-18)20-13-31-34(4)14-20/h5-6,8-10,12-14,19,21,23,26H,7,11,15H2,1-4H3,(H,33,36). The zero-order valence-electron chi connectivity index (χ0n) is 21.4. The van der Waals surface area contributed by atoms with Gasteiger partial charge < -0.3 is 4.98 Å². The number of carbonyl (C=O) groups is 1. The van der Waals surface area contributed by atoms with Crippen LogP contribution in [-0.2, 0) is 18.4 Å². The highest BCUT2D eigenvalue weighted by Crippen LogP contribution is 2.45. The van der Waals surface area contributed by atoms with Gasteiger partial charge in [0, 0.05) is 42.6 Å². The molecule has 7 nitrogen and oxygen atoms in total. The number of fused-ring (bicyclic) bond motifs is 1. The van der Waals surface area contributed by atoms with Gasteiger partial charge >= 0.3 is 0 Å². The van der Waals surface area contributed by atoms with Crippen molar-refractivity contribution >= 4 is 12.1 Å². The van der Waals surface area contributed by atoms with Gasteiger partial charge in [0.15, 0.2) is 0 Å². The first-order valence-corrected chi connectivity index (χ1v) is 12.5. The van der Waals surface area contributed by atoms with Gasteiger partial charge in [-0.15, -0.1) is 0 Å². The van der Waals surface area contributed by atoms with Crippen LogP contribution < -0.4 is 5.56 Å². The average molecular weight is 508 g/mol. The summed E-state index contributed by atoms with van der Waals surface area (Å²) in [5, 5.41) is 9.60. The van der Waals surface area contributed by atoms with Crippen LogP contribution in [0.15, 0.2) is 52.6 Å². The molecule has 37 heavy (non-hydrogen) atoms. The molecule has 5 rings (SSSR count). The van der Waals surface area contributed by atoms with E-state index >= 15 is 8.78 Å². The van der Waals surface area contributed by atoms with E-state index in [1.54, 1.807) is 48.5 Å². The van der Waals surface area contributed by atoms with Crippen LogP contribution in [0.1, 0.15) is 39.2 Å². The molecule has 0 bridgehead atoms. The number of hydrogen-bond acceptors (Lipinski definition) is 4. The van der Waals surface area contributed by atoms with E-state index in [1.807, 2.05) is 0 Å². The summed E-state index contributed by atoms with van der Waals surface area (Å²) in [4.78, 5) is 28.2. The van der Waals surface area contributed by atoms with E-state index < -0.39 is 23.8 Å². The predicted molar refractivity (Wildman–Crippen MR) is 138 cm³/mol. The lowest BCUT2D eigenvalue weighted by molar-refractivity contribution is -0.144. The van der Waals surface area contributed by atoms with E-state index in [4.69, 9.17) is 0 Å². The van der Waals surface area contributed by atoms with Crippen LogP contribution in [0.25, 0.3) is 22.4 Å². The molecule has 4 unspecified atom stereocenters. The number of pyridine rings is 1. The molecule has 1 saturated carbocycles. The molecule has 194 valence electrons. The first-order chi connectivity index (χ1) is 17.5. The van der Waals surface area contributed by atoms with E-state index in [2.05, 4.69) is 36.0 Å². The minimum Gasteiger partial charge on any atom is -0.322 e. The number of aromatic nitrogens is 3. The molecule has 1 aromatic carbocycles. The third-order valence-corrected chi connectivity index (χ3v) is 7.65. The van der Waals surface area contributed by atoms with Gasteiger partial charge in [0.05, 0.1) is 24.4 Å². The van der Waals surface area contributed by atoms with Crippen LogP contribution in [0.5, 0.6) is 0 Å². The Labute approximate surface area is 214 Å². The molecule has 9 heteroatoms. The zero-order chi connectivity index (χ0) is 26.5. The Morgan fingerprint density at radius 2 is 1.86 bits per heavy atom. The quantitative estimate of drug-likeness (QED) is 0.543. The maximum atomic E-state index is 15.2. The van der Waals surface area contributed by atoms with Gasteiger partial charge in [0.1, 0.15) is 12.0 Å². The van der Waals surface area contributed by atoms with Crippen molar-refractivity contribution in [1.29, 1.82) is 0 Å². The molecule has 3 heterocycles. The molecule has 1 aliphatic carbocycles. The number of hydrazone groups is 1. The third-order valence-electron chi connectivity index (χ3n) is 7.65. The summed E-state index contributed by atoms with van der Waals surface area (Å²) >= 11 is 0. The largest absolute Gasteiger partial charge is 0.322 e. The lowest BCUT2D eigenvalue weighted by Gasteiger charge is -2.44. The summed E-state index contributed by atoms with van der Waals surface area (Å²) in [5.41, 5.74) is 2.30. The van der Waals surface area contributed by atoms with Gasteiger partial charge in [0.2, 0.25) is 11.5 Å². The number of nitrogens with one attached hydrogen (secondary N) is 1. The van der Waals surface area contributed by atoms with Crippen LogP contribution in [0, 0.1) is 29.0 Å². The normalized spacial score (nSPS) is 23.8. The van der Waals surface area contributed by atoms with Crippen molar-refractivity contribution in [2.24, 2.45) is 35.3 Å². The molecular weight excluding hydrogens is 476 g/mol. The molecule has 0 radical (unpaired) electrons. The Bertz CT molecular complexity index is 1420. The van der Waals surface area contributed by atoms with Crippen LogP contribution in [-0.4, -0.2) is 38.1 Å². The smallest absolute Gasteiger partial charge is 0.249 e. The number of H-pyrrole nitrogens is 1. The molecule has 1 fully saturated rings. The molecule has 2 aromatic heterocycles. The number of alkyl halides is 1. The van der Waals surface area contributed by atoms with Crippen molar-refractivity contribution < 1.29 is 13.6 Å². The third kappa shape index (κ3) is 4.99. The van der Waals surface area contributed by atoms with Crippen molar-refractivity contribution in [3.63, 3.8) is 0 Å². The number of amides is 1. The Morgan fingerprint density at radius 3 is 2.54 bits per heavy atom. The van der Waals surface area contributed by atoms with Crippen molar-refractivity contribution in [3.8, 4) is 22.4 Å². The highest BCUT2D eigenvalue weighted by Gasteiger charge is 2.47. The summed E-state index contributed by atoms with van der Waals surface area (Å²) < 4.78 is 32.0. The van der Waals surface area contributed by atoms with Crippen LogP contribution in [0.2, 0.25) is 0 Å². The Morgan fingerprint density at radius 1 is 1.08 bits per heavy atom. The molecule has 1 aliphatic heterocycles. The fraction of sp³-hybridized carbons (Fsp3) is 0.429. The van der Waals surface area contributed by atoms with Gasteiger partial charge in [-0.05, 0) is 47.4 Å². The van der Waals surface area contributed by atoms with Gasteiger partial charge in [0.25, 0.3) is 0 Å². The second-order valence-corrected chi connectivity index (χ2v) is 11.3. The van der Waals surface area contributed by atoms with Gasteiger partial charge in [-0.2, -0.15) is 10.2 Å². The average Bonchev–Trinajstić information content (AvgIpc) is 3.27. The SMILES string of the molecule is Cn1cc(-c2cc(-c3ccc(CN4N=CC5CC(C(C)(C)C)CC(F)C5C4=O)c(F)c3)cc(=O)[nH]2)cn1. The van der Waals surface area contributed by atoms with Gasteiger partial charge in [-0.3, -0.25) is 14.3 Å². The number of hydrogen-bond donors (Lipinski definition) is 1. The predicted octanol–water partition coefficient (Wildman–Crippen LogP) is 4.94. The zero-order valence-corrected chi connectivity index (χ0v) is 21.4. The van der Waals surface area contributed by atoms with Crippen molar-refractivity contribution in [2.75, 3.05) is 0 Å². The summed E-state index contributed by atoms with van der Waals surface area (Å²) in [5.74, 6) is -1.77. The minimum atomic E-state index is -1.25. The summed E-state index contributed by atoms with van der Waals surface area (Å²) in [6, 6.07) is 7.79. The fourth-order valence-corrected chi connectivity index (χ4v) is 5.41. The lowest BCUT2D eigenvalue weighted by Crippen LogP contribution is -2.50. The number of nitrogens with zero attached hydrogens (tertiary/aromatic N) is 4. The highest BCUT2D eigenvalue weighted by atomic mass is 19.1. The summed E-state index contributed by atoms with van der Waals surface area (Å²) in [6.07, 6.45) is 4.89. The molecule has 1 amide bonds. The molecule has 1 N–H and O–H groups in total. The number of rotatable bonds is 4. The monoisotopic (exact) mass is 507 g/mol. The molecule has 3 aromatic rings. The van der Waals surface area contributed by atoms with Gasteiger partial charge in [-0.25, -0.2) is 13.8 Å². The maximum Gasteiger partial charge on any atom is 0.249 e. The highest BCUT2D eigenvalue weighted by molar-refractivity contribution is 5.87. The lowest BCUT2D eigenvalue weighted by atomic mass is 9.64. The Kier molecular flexibility index (Phi) is 6.33. The van der Waals surface area contributed by atoms with Crippen LogP contribution in [0.4, 0.5) is 8.78 Å². The Balaban J connectivity index is 1.36. The Hall–Kier alpha value is -3.62. The number of aryl methyl sites for hydroxylation is 1. The molecule has 0 saturated heterocycles. The molecule has 2 aliphatic rings. The van der Waals surface area contributed by atoms with Gasteiger partial charge in [-0.1, -0.05) is 32.9 Å². The van der Waals surface area contributed by atoms with Crippen molar-refractivity contribution in [1.82, 2.24) is 19.8 Å². The topological polar surface area (TPSA) is 83.4 Å². The minimum absolute atomic E-state index is 0.0450. The fourth-order valence-electron chi connectivity index (χ4n) is 5.41.